The van der Waals surface area contributed by atoms with Gasteiger partial charge in [0.05, 0.1) is 50.2 Å². The molecule has 12 aromatic heterocycles. The smallest absolute Gasteiger partial charge is 0.137 e. The van der Waals surface area contributed by atoms with Crippen molar-refractivity contribution in [3.05, 3.63) is 395 Å². The molecule has 120 heavy (non-hydrogen) atoms. The fraction of sp³-hybridized carbons (Fsp3) is 0. The monoisotopic (exact) mass is 1550 g/mol. The minimum absolute atomic E-state index is 0.909. The number of pyridine rings is 6. The van der Waals surface area contributed by atoms with E-state index in [-0.39, 0.29) is 0 Å². The molecule has 0 aliphatic rings. The summed E-state index contributed by atoms with van der Waals surface area (Å²) in [5.41, 5.74) is 33.1. The average molecular weight is 1550 g/mol. The van der Waals surface area contributed by atoms with Gasteiger partial charge in [0.25, 0.3) is 0 Å². The van der Waals surface area contributed by atoms with E-state index in [0.29, 0.717) is 0 Å². The Morgan fingerprint density at radius 3 is 0.942 bits per heavy atom. The third-order valence-corrected chi connectivity index (χ3v) is 24.6. The highest BCUT2D eigenvalue weighted by Crippen LogP contribution is 2.43. The Bertz CT molecular complexity index is 8630. The van der Waals surface area contributed by atoms with Crippen molar-refractivity contribution < 1.29 is 8.83 Å². The molecule has 0 saturated carbocycles. The number of aromatic nitrogens is 9. The first-order chi connectivity index (χ1) is 59.4. The zero-order valence-corrected chi connectivity index (χ0v) is 65.1. The van der Waals surface area contributed by atoms with Gasteiger partial charge in [-0.25, -0.2) is 29.9 Å². The molecule has 0 unspecified atom stereocenters. The van der Waals surface area contributed by atoms with Crippen LogP contribution in [0.4, 0.5) is 0 Å². The molecule has 11 nitrogen and oxygen atoms in total. The fourth-order valence-corrected chi connectivity index (χ4v) is 18.7. The molecule has 26 aromatic rings. The highest BCUT2D eigenvalue weighted by molar-refractivity contribution is 7.25. The maximum Gasteiger partial charge on any atom is 0.137 e. The summed E-state index contributed by atoms with van der Waals surface area (Å²) in [6.07, 6.45) is 6.20. The second-order valence-electron chi connectivity index (χ2n) is 30.5. The van der Waals surface area contributed by atoms with E-state index in [1.165, 1.54) is 53.6 Å². The van der Waals surface area contributed by atoms with Gasteiger partial charge in [-0.1, -0.05) is 255 Å². The Morgan fingerprint density at radius 1 is 0.192 bits per heavy atom. The van der Waals surface area contributed by atoms with Crippen molar-refractivity contribution >= 4 is 158 Å². The van der Waals surface area contributed by atoms with Crippen molar-refractivity contribution in [2.24, 2.45) is 0 Å². The molecule has 0 spiro atoms. The Balaban J connectivity index is 0.000000103. The van der Waals surface area contributed by atoms with Gasteiger partial charge in [-0.05, 0) is 177 Å². The molecule has 0 aliphatic carbocycles. The summed E-state index contributed by atoms with van der Waals surface area (Å²) in [4.78, 5) is 30.3. The Kier molecular flexibility index (Phi) is 15.9. The number of nitrogens with zero attached hydrogens (tertiary/aromatic N) is 9. The van der Waals surface area contributed by atoms with Crippen LogP contribution in [0, 0.1) is 0 Å². The van der Waals surface area contributed by atoms with E-state index < -0.39 is 0 Å². The lowest BCUT2D eigenvalue weighted by molar-refractivity contribution is 0.668. The number of fused-ring (bicyclic) bond motifs is 24. The molecule has 0 amide bonds. The second-order valence-corrected chi connectivity index (χ2v) is 31.6. The number of imidazole rings is 3. The summed E-state index contributed by atoms with van der Waals surface area (Å²) in [7, 11) is 0. The van der Waals surface area contributed by atoms with Crippen molar-refractivity contribution in [2.45, 2.75) is 0 Å². The molecule has 560 valence electrons. The third kappa shape index (κ3) is 11.6. The molecule has 12 heterocycles. The molecular formula is C108H65N9O2S. The molecule has 0 saturated heterocycles. The molecule has 12 heteroatoms. The standard InChI is InChI=1S/C38H23N3O.C38H23N3S.C32H19N3O/c1-3-9-32-30(8-1)37-38(41-22-6-5-11-35(41)40-37)36(39-32)27-18-16-25(17-19-27)24-12-14-26(15-13-24)28-20-21-34-31(23-28)29-7-2-4-10-33(29)42-34;1-3-15-32-30(14-1)37-38(41-20-6-5-17-35(41)40-37)36(39-32)28-12-8-11-26(22-28)24-9-7-10-25(21-24)27-18-19-34-31(23-27)29-13-2-4-16-33(29)42-34;1-3-9-26-24(8-1)31-32(35-18-6-5-11-29(35)34-31)30(33-26)21-14-12-20(13-15-21)22-16-17-28-25(19-22)23-7-2-4-10-27(23)36-28/h2*1-23H;1-19H. The first-order valence-corrected chi connectivity index (χ1v) is 41.0. The van der Waals surface area contributed by atoms with Crippen LogP contribution in [0.2, 0.25) is 0 Å². The Morgan fingerprint density at radius 2 is 0.492 bits per heavy atom. The maximum absolute atomic E-state index is 6.01. The summed E-state index contributed by atoms with van der Waals surface area (Å²) in [6, 6.07) is 131. The van der Waals surface area contributed by atoms with E-state index >= 15 is 0 Å². The average Bonchev–Trinajstić information content (AvgIpc) is 1.56. The van der Waals surface area contributed by atoms with Crippen LogP contribution < -0.4 is 0 Å². The largest absolute Gasteiger partial charge is 0.456 e. The fourth-order valence-electron chi connectivity index (χ4n) is 17.6. The van der Waals surface area contributed by atoms with Crippen molar-refractivity contribution in [3.8, 4) is 89.4 Å². The van der Waals surface area contributed by atoms with Gasteiger partial charge >= 0.3 is 0 Å². The van der Waals surface area contributed by atoms with E-state index in [1.54, 1.807) is 0 Å². The number of rotatable bonds is 8. The van der Waals surface area contributed by atoms with Gasteiger partial charge < -0.3 is 8.83 Å². The van der Waals surface area contributed by atoms with E-state index in [1.807, 2.05) is 114 Å². The molecule has 0 atom stereocenters. The summed E-state index contributed by atoms with van der Waals surface area (Å²) < 4.78 is 21.1. The van der Waals surface area contributed by atoms with E-state index in [0.717, 1.165) is 183 Å². The van der Waals surface area contributed by atoms with Crippen molar-refractivity contribution in [1.29, 1.82) is 0 Å². The van der Waals surface area contributed by atoms with Gasteiger partial charge in [-0.15, -0.1) is 11.3 Å². The lowest BCUT2D eigenvalue weighted by atomic mass is 9.96. The second kappa shape index (κ2) is 27.9. The number of hydrogen-bond acceptors (Lipinski definition) is 9. The number of thiophene rings is 1. The van der Waals surface area contributed by atoms with Crippen LogP contribution in [0.3, 0.4) is 0 Å². The van der Waals surface area contributed by atoms with Gasteiger partial charge in [0.15, 0.2) is 0 Å². The van der Waals surface area contributed by atoms with Crippen LogP contribution in [0.25, 0.3) is 236 Å². The Hall–Kier alpha value is -16.0. The van der Waals surface area contributed by atoms with Crippen LogP contribution in [0.1, 0.15) is 0 Å². The van der Waals surface area contributed by atoms with Gasteiger partial charge in [0.1, 0.15) is 55.8 Å². The Labute approximate surface area is 689 Å². The molecule has 0 N–H and O–H groups in total. The maximum atomic E-state index is 6.01. The molecule has 0 aliphatic heterocycles. The normalized spacial score (nSPS) is 11.8. The minimum atomic E-state index is 0.909. The first-order valence-electron chi connectivity index (χ1n) is 40.2. The van der Waals surface area contributed by atoms with Crippen molar-refractivity contribution in [2.75, 3.05) is 0 Å². The van der Waals surface area contributed by atoms with Crippen molar-refractivity contribution in [1.82, 2.24) is 43.1 Å². The van der Waals surface area contributed by atoms with Gasteiger partial charge in [0, 0.05) is 93.2 Å². The van der Waals surface area contributed by atoms with Gasteiger partial charge in [-0.2, -0.15) is 0 Å². The predicted molar refractivity (Wildman–Crippen MR) is 495 cm³/mol. The van der Waals surface area contributed by atoms with Crippen LogP contribution in [-0.4, -0.2) is 43.1 Å². The van der Waals surface area contributed by atoms with Crippen LogP contribution in [0.15, 0.2) is 404 Å². The van der Waals surface area contributed by atoms with Crippen LogP contribution in [-0.2, 0) is 0 Å². The zero-order valence-electron chi connectivity index (χ0n) is 64.3. The highest BCUT2D eigenvalue weighted by atomic mass is 32.1. The summed E-state index contributed by atoms with van der Waals surface area (Å²) in [5.74, 6) is 0. The first kappa shape index (κ1) is 68.4. The third-order valence-electron chi connectivity index (χ3n) is 23.4. The highest BCUT2D eigenvalue weighted by Gasteiger charge is 2.22. The number of hydrogen-bond donors (Lipinski definition) is 0. The van der Waals surface area contributed by atoms with E-state index in [9.17, 15) is 0 Å². The molecule has 14 aromatic carbocycles. The van der Waals surface area contributed by atoms with E-state index in [2.05, 4.69) is 305 Å². The van der Waals surface area contributed by atoms with Crippen LogP contribution in [0.5, 0.6) is 0 Å². The number of benzene rings is 14. The SMILES string of the molecule is c1cc(-c2cccc(-c3nc4ccccc4c4nc5ccccn5c34)c2)cc(-c2ccc3sc4ccccc4c3c2)c1.c1ccc2c(c1)nc(-c1ccc(-c3ccc(-c4ccc5oc6ccccc6c5c4)cc3)cc1)c1c2nc2ccccn21.c1ccc2c(c1)nc(-c1ccc(-c3ccc4oc5ccccc5c4c3)cc1)c1c2nc2ccccn21. The molecular weight excluding hydrogens is 1490 g/mol. The number of furan rings is 2. The molecule has 0 bridgehead atoms. The minimum Gasteiger partial charge on any atom is -0.456 e. The van der Waals surface area contributed by atoms with Gasteiger partial charge in [0.2, 0.25) is 0 Å². The topological polar surface area (TPSA) is 117 Å². The number of para-hydroxylation sites is 5. The van der Waals surface area contributed by atoms with E-state index in [4.69, 9.17) is 38.7 Å². The summed E-state index contributed by atoms with van der Waals surface area (Å²) in [6.45, 7) is 0. The zero-order chi connectivity index (χ0) is 78.9. The van der Waals surface area contributed by atoms with Gasteiger partial charge in [-0.3, -0.25) is 13.2 Å². The lowest BCUT2D eigenvalue weighted by Crippen LogP contribution is -1.92. The molecule has 0 radical (unpaired) electrons. The van der Waals surface area contributed by atoms with Crippen molar-refractivity contribution in [3.63, 3.8) is 0 Å². The molecule has 26 rings (SSSR count). The summed E-state index contributed by atoms with van der Waals surface area (Å²) >= 11 is 1.86. The quantitative estimate of drug-likeness (QED) is 0.148. The predicted octanol–water partition coefficient (Wildman–Crippen LogP) is 28.6. The lowest BCUT2D eigenvalue weighted by Gasteiger charge is -2.10. The molecule has 0 fully saturated rings. The summed E-state index contributed by atoms with van der Waals surface area (Å²) in [5, 5.41) is 10.4. The van der Waals surface area contributed by atoms with Crippen LogP contribution >= 0.6 is 11.3 Å².